The maximum absolute atomic E-state index is 14.0. The Hall–Kier alpha value is -2.50. The molecule has 2 aliphatic heterocycles. The second-order valence-electron chi connectivity index (χ2n) is 6.59. The van der Waals surface area contributed by atoms with Gasteiger partial charge in [0.25, 0.3) is 5.91 Å². The molecular weight excluding hydrogens is 326 g/mol. The number of hydrogen-bond acceptors (Lipinski definition) is 3. The quantitative estimate of drug-likeness (QED) is 0.855. The van der Waals surface area contributed by atoms with Crippen LogP contribution in [-0.4, -0.2) is 34.0 Å². The summed E-state index contributed by atoms with van der Waals surface area (Å²) in [5.41, 5.74) is -0.451. The topological polar surface area (TPSA) is 42.4 Å². The van der Waals surface area contributed by atoms with Crippen LogP contribution in [0.4, 0.5) is 8.78 Å². The van der Waals surface area contributed by atoms with Gasteiger partial charge in [0.15, 0.2) is 0 Å². The number of halogens is 2. The van der Waals surface area contributed by atoms with Gasteiger partial charge in [-0.15, -0.1) is 0 Å². The summed E-state index contributed by atoms with van der Waals surface area (Å²) in [4.78, 5) is 18.4. The van der Waals surface area contributed by atoms with Gasteiger partial charge < -0.3 is 9.64 Å². The van der Waals surface area contributed by atoms with Crippen molar-refractivity contribution in [1.82, 2.24) is 9.88 Å². The second-order valence-corrected chi connectivity index (χ2v) is 6.59. The van der Waals surface area contributed by atoms with Crippen LogP contribution in [0.5, 0.6) is 5.75 Å². The molecule has 130 valence electrons. The molecule has 2 fully saturated rings. The van der Waals surface area contributed by atoms with E-state index < -0.39 is 23.1 Å². The van der Waals surface area contributed by atoms with E-state index in [1.807, 2.05) is 0 Å². The van der Waals surface area contributed by atoms with Gasteiger partial charge in [-0.25, -0.2) is 8.78 Å². The van der Waals surface area contributed by atoms with Crippen LogP contribution >= 0.6 is 0 Å². The van der Waals surface area contributed by atoms with E-state index in [9.17, 15) is 13.6 Å². The molecule has 2 aromatic rings. The molecule has 4 rings (SSSR count). The van der Waals surface area contributed by atoms with Crippen molar-refractivity contribution >= 4 is 5.91 Å². The molecule has 0 saturated carbocycles. The van der Waals surface area contributed by atoms with Crippen molar-refractivity contribution in [3.8, 4) is 5.75 Å². The van der Waals surface area contributed by atoms with E-state index in [0.29, 0.717) is 12.8 Å². The van der Waals surface area contributed by atoms with Crippen LogP contribution in [0.15, 0.2) is 42.7 Å². The minimum atomic E-state index is -0.806. The predicted octanol–water partition coefficient (Wildman–Crippen LogP) is 3.57. The molecule has 1 aromatic carbocycles. The van der Waals surface area contributed by atoms with Gasteiger partial charge >= 0.3 is 0 Å². The largest absolute Gasteiger partial charge is 0.490 e. The second kappa shape index (κ2) is 6.43. The van der Waals surface area contributed by atoms with Gasteiger partial charge in [0.05, 0.1) is 0 Å². The Bertz CT molecular complexity index is 750. The first-order chi connectivity index (χ1) is 12.1. The van der Waals surface area contributed by atoms with Gasteiger partial charge in [-0.3, -0.25) is 9.78 Å². The number of ether oxygens (including phenoxy) is 1. The lowest BCUT2D eigenvalue weighted by atomic mass is 9.98. The Morgan fingerprint density at radius 2 is 1.64 bits per heavy atom. The van der Waals surface area contributed by atoms with Crippen molar-refractivity contribution in [1.29, 1.82) is 0 Å². The zero-order valence-corrected chi connectivity index (χ0v) is 13.6. The molecule has 0 spiro atoms. The third-order valence-electron chi connectivity index (χ3n) is 5.05. The number of pyridine rings is 1. The van der Waals surface area contributed by atoms with E-state index in [1.165, 1.54) is 6.07 Å². The molecule has 3 heterocycles. The van der Waals surface area contributed by atoms with Gasteiger partial charge in [0.2, 0.25) is 0 Å². The molecule has 1 amide bonds. The van der Waals surface area contributed by atoms with E-state index >= 15 is 0 Å². The Morgan fingerprint density at radius 1 is 1.04 bits per heavy atom. The van der Waals surface area contributed by atoms with Crippen LogP contribution in [-0.2, 0) is 0 Å². The summed E-state index contributed by atoms with van der Waals surface area (Å²) in [5.74, 6) is -1.41. The zero-order valence-electron chi connectivity index (χ0n) is 13.6. The van der Waals surface area contributed by atoms with Crippen molar-refractivity contribution in [3.63, 3.8) is 0 Å². The minimum absolute atomic E-state index is 0.00517. The number of carbonyl (C=O) groups excluding carboxylic acids is 1. The third-order valence-corrected chi connectivity index (χ3v) is 5.05. The number of carbonyl (C=O) groups is 1. The Balaban J connectivity index is 1.52. The fraction of sp³-hybridized carbons (Fsp3) is 0.368. The summed E-state index contributed by atoms with van der Waals surface area (Å²) in [6, 6.07) is 7.02. The van der Waals surface area contributed by atoms with Crippen molar-refractivity contribution in [3.05, 3.63) is 59.9 Å². The first kappa shape index (κ1) is 16.0. The van der Waals surface area contributed by atoms with Crippen LogP contribution in [0.3, 0.4) is 0 Å². The predicted molar refractivity (Wildman–Crippen MR) is 87.2 cm³/mol. The summed E-state index contributed by atoms with van der Waals surface area (Å²) in [5, 5.41) is 0. The third kappa shape index (κ3) is 2.97. The minimum Gasteiger partial charge on any atom is -0.490 e. The monoisotopic (exact) mass is 344 g/mol. The number of amides is 1. The number of nitrogens with zero attached hydrogens (tertiary/aromatic N) is 2. The fourth-order valence-corrected chi connectivity index (χ4v) is 4.00. The molecule has 2 bridgehead atoms. The molecule has 4 nitrogen and oxygen atoms in total. The number of piperidine rings is 1. The van der Waals surface area contributed by atoms with Crippen LogP contribution in [0.1, 0.15) is 36.0 Å². The average Bonchev–Trinajstić information content (AvgIpc) is 2.86. The summed E-state index contributed by atoms with van der Waals surface area (Å²) in [6.07, 6.45) is 6.34. The van der Waals surface area contributed by atoms with Crippen molar-refractivity contribution in [2.45, 2.75) is 43.9 Å². The summed E-state index contributed by atoms with van der Waals surface area (Å²) < 4.78 is 33.9. The maximum Gasteiger partial charge on any atom is 0.260 e. The number of hydrogen-bond donors (Lipinski definition) is 0. The lowest BCUT2D eigenvalue weighted by Gasteiger charge is -2.39. The van der Waals surface area contributed by atoms with E-state index in [0.717, 1.165) is 30.7 Å². The molecule has 0 aliphatic carbocycles. The first-order valence-electron chi connectivity index (χ1n) is 8.47. The lowest BCUT2D eigenvalue weighted by Crippen LogP contribution is -2.49. The lowest BCUT2D eigenvalue weighted by molar-refractivity contribution is 0.0351. The molecule has 2 unspecified atom stereocenters. The van der Waals surface area contributed by atoms with E-state index in [1.54, 1.807) is 29.4 Å². The van der Waals surface area contributed by atoms with Crippen molar-refractivity contribution in [2.75, 3.05) is 0 Å². The Labute approximate surface area is 144 Å². The average molecular weight is 344 g/mol. The van der Waals surface area contributed by atoms with E-state index in [2.05, 4.69) is 4.98 Å². The number of rotatable bonds is 3. The summed E-state index contributed by atoms with van der Waals surface area (Å²) >= 11 is 0. The number of fused-ring (bicyclic) bond motifs is 2. The van der Waals surface area contributed by atoms with Crippen molar-refractivity contribution < 1.29 is 18.3 Å². The van der Waals surface area contributed by atoms with Gasteiger partial charge in [-0.1, -0.05) is 6.07 Å². The molecule has 0 N–H and O–H groups in total. The Morgan fingerprint density at radius 3 is 2.24 bits per heavy atom. The summed E-state index contributed by atoms with van der Waals surface area (Å²) in [7, 11) is 0. The zero-order chi connectivity index (χ0) is 17.4. The first-order valence-corrected chi connectivity index (χ1v) is 8.47. The summed E-state index contributed by atoms with van der Waals surface area (Å²) in [6.45, 7) is 0. The molecule has 2 saturated heterocycles. The maximum atomic E-state index is 14.0. The molecule has 25 heavy (non-hydrogen) atoms. The van der Waals surface area contributed by atoms with Crippen LogP contribution in [0, 0.1) is 11.6 Å². The smallest absolute Gasteiger partial charge is 0.260 e. The molecule has 2 atom stereocenters. The standard InChI is InChI=1S/C19H18F2N2O2/c20-16-2-1-3-17(21)18(16)19(24)23-12-4-5-13(23)11-15(10-12)25-14-6-8-22-9-7-14/h1-3,6-9,12-13,15H,4-5,10-11H2. The SMILES string of the molecule is O=C(c1c(F)cccc1F)N1C2CCC1CC(Oc1ccncc1)C2. The molecule has 0 radical (unpaired) electrons. The fourth-order valence-electron chi connectivity index (χ4n) is 4.00. The van der Waals surface area contributed by atoms with E-state index in [-0.39, 0.29) is 18.2 Å². The highest BCUT2D eigenvalue weighted by Crippen LogP contribution is 2.38. The number of aromatic nitrogens is 1. The van der Waals surface area contributed by atoms with Gasteiger partial charge in [0.1, 0.15) is 29.1 Å². The van der Waals surface area contributed by atoms with E-state index in [4.69, 9.17) is 4.74 Å². The van der Waals surface area contributed by atoms with Crippen LogP contribution < -0.4 is 4.74 Å². The molecule has 2 aliphatic rings. The molecular formula is C19H18F2N2O2. The normalized spacial score (nSPS) is 25.0. The van der Waals surface area contributed by atoms with Gasteiger partial charge in [-0.05, 0) is 37.1 Å². The molecule has 1 aromatic heterocycles. The van der Waals surface area contributed by atoms with Crippen molar-refractivity contribution in [2.24, 2.45) is 0 Å². The Kier molecular flexibility index (Phi) is 4.11. The van der Waals surface area contributed by atoms with Gasteiger partial charge in [-0.2, -0.15) is 0 Å². The number of benzene rings is 1. The van der Waals surface area contributed by atoms with Crippen LogP contribution in [0.2, 0.25) is 0 Å². The highest BCUT2D eigenvalue weighted by atomic mass is 19.1. The highest BCUT2D eigenvalue weighted by molar-refractivity contribution is 5.95. The van der Waals surface area contributed by atoms with Crippen LogP contribution in [0.25, 0.3) is 0 Å². The highest BCUT2D eigenvalue weighted by Gasteiger charge is 2.45. The van der Waals surface area contributed by atoms with Gasteiger partial charge in [0, 0.05) is 37.3 Å². The molecule has 6 heteroatoms.